The summed E-state index contributed by atoms with van der Waals surface area (Å²) in [5.41, 5.74) is 0. The third-order valence-corrected chi connectivity index (χ3v) is 0.384. The maximum atomic E-state index is 8.28. The molecule has 0 aromatic rings. The molecule has 3 nitrogen and oxygen atoms in total. The van der Waals surface area contributed by atoms with E-state index in [9.17, 15) is 0 Å². The van der Waals surface area contributed by atoms with E-state index < -0.39 is 0 Å². The van der Waals surface area contributed by atoms with E-state index in [1.165, 1.54) is 7.11 Å². The van der Waals surface area contributed by atoms with Crippen molar-refractivity contribution in [2.75, 3.05) is 7.11 Å². The number of hydrogen-bond acceptors (Lipinski definition) is 2. The molecule has 0 fully saturated rings. The molecular formula is C4H5NO2. The molecule has 0 heterocycles. The Kier molecular flexibility index (Phi) is 2.53. The molecule has 0 unspecified atom stereocenters. The van der Waals surface area contributed by atoms with Gasteiger partial charge in [-0.05, 0) is 0 Å². The molecule has 0 aliphatic rings. The predicted octanol–water partition coefficient (Wildman–Crippen LogP) is 0.909. The number of aliphatic hydroxyl groups excluding tert-OH is 1. The highest BCUT2D eigenvalue weighted by Crippen LogP contribution is 1.85. The Labute approximate surface area is 41.7 Å². The van der Waals surface area contributed by atoms with Crippen molar-refractivity contribution < 1.29 is 9.84 Å². The minimum absolute atomic E-state index is 0.352. The van der Waals surface area contributed by atoms with Crippen LogP contribution in [0.15, 0.2) is 12.1 Å². The summed E-state index contributed by atoms with van der Waals surface area (Å²) >= 11 is 0. The van der Waals surface area contributed by atoms with Crippen molar-refractivity contribution in [2.45, 2.75) is 0 Å². The Balaban J connectivity index is 3.56. The minimum atomic E-state index is -0.352. The predicted molar refractivity (Wildman–Crippen MR) is 24.3 cm³/mol. The van der Waals surface area contributed by atoms with Crippen LogP contribution in [0.25, 0.3) is 4.85 Å². The van der Waals surface area contributed by atoms with Crippen molar-refractivity contribution in [3.05, 3.63) is 23.6 Å². The molecule has 0 aromatic heterocycles. The zero-order chi connectivity index (χ0) is 5.70. The molecule has 0 amide bonds. The zero-order valence-electron chi connectivity index (χ0n) is 3.88. The van der Waals surface area contributed by atoms with Crippen molar-refractivity contribution in [3.8, 4) is 0 Å². The van der Waals surface area contributed by atoms with Crippen LogP contribution >= 0.6 is 0 Å². The fourth-order valence-corrected chi connectivity index (χ4v) is 0.108. The summed E-state index contributed by atoms with van der Waals surface area (Å²) in [7, 11) is 1.29. The van der Waals surface area contributed by atoms with Gasteiger partial charge in [0.15, 0.2) is 0 Å². The van der Waals surface area contributed by atoms with Gasteiger partial charge in [0.05, 0.1) is 13.7 Å². The second-order valence-electron chi connectivity index (χ2n) is 0.801. The van der Waals surface area contributed by atoms with E-state index >= 15 is 0 Å². The summed E-state index contributed by atoms with van der Waals surface area (Å²) in [4.78, 5) is 2.72. The molecule has 0 bridgehead atoms. The molecule has 0 atom stereocenters. The third kappa shape index (κ3) is 2.64. The summed E-state index contributed by atoms with van der Waals surface area (Å²) < 4.78 is 4.19. The Morgan fingerprint density at radius 1 is 2.00 bits per heavy atom. The third-order valence-electron chi connectivity index (χ3n) is 0.384. The van der Waals surface area contributed by atoms with Crippen LogP contribution in [0.5, 0.6) is 0 Å². The molecule has 0 radical (unpaired) electrons. The van der Waals surface area contributed by atoms with Crippen molar-refractivity contribution in [3.63, 3.8) is 0 Å². The minimum Gasteiger partial charge on any atom is -0.490 e. The van der Waals surface area contributed by atoms with Gasteiger partial charge < -0.3 is 9.84 Å². The average molecular weight is 99.1 g/mol. The van der Waals surface area contributed by atoms with E-state index in [0.29, 0.717) is 0 Å². The van der Waals surface area contributed by atoms with E-state index in [1.807, 2.05) is 0 Å². The Morgan fingerprint density at radius 3 is 2.71 bits per heavy atom. The van der Waals surface area contributed by atoms with Gasteiger partial charge in [-0.1, -0.05) is 0 Å². The highest BCUT2D eigenvalue weighted by Gasteiger charge is 1.80. The van der Waals surface area contributed by atoms with Crippen molar-refractivity contribution >= 4 is 0 Å². The molecular weight excluding hydrogens is 94.0 g/mol. The van der Waals surface area contributed by atoms with Crippen LogP contribution in [-0.4, -0.2) is 12.2 Å². The highest BCUT2D eigenvalue weighted by atomic mass is 16.6. The zero-order valence-corrected chi connectivity index (χ0v) is 3.88. The number of methoxy groups -OCH3 is 1. The Hall–Kier alpha value is -1.17. The maximum absolute atomic E-state index is 8.28. The van der Waals surface area contributed by atoms with Crippen molar-refractivity contribution in [1.82, 2.24) is 0 Å². The van der Waals surface area contributed by atoms with Gasteiger partial charge in [0.1, 0.15) is 0 Å². The summed E-state index contributed by atoms with van der Waals surface area (Å²) in [5, 5.41) is 8.28. The molecule has 0 rings (SSSR count). The number of rotatable bonds is 1. The Bertz CT molecular complexity index is 111. The monoisotopic (exact) mass is 99.0 g/mol. The lowest BCUT2D eigenvalue weighted by molar-refractivity contribution is 0.136. The first-order valence-corrected chi connectivity index (χ1v) is 1.61. The summed E-state index contributed by atoms with van der Waals surface area (Å²) in [6, 6.07) is 0. The molecule has 1 N–H and O–H groups in total. The second kappa shape index (κ2) is 3.04. The van der Waals surface area contributed by atoms with Gasteiger partial charge in [-0.3, -0.25) is 0 Å². The second-order valence-corrected chi connectivity index (χ2v) is 0.801. The van der Waals surface area contributed by atoms with E-state index in [0.717, 1.165) is 6.20 Å². The van der Waals surface area contributed by atoms with E-state index in [2.05, 4.69) is 9.58 Å². The number of ether oxygens (including phenoxy) is 1. The van der Waals surface area contributed by atoms with Crippen LogP contribution in [0.1, 0.15) is 0 Å². The molecule has 38 valence electrons. The smallest absolute Gasteiger partial charge is 0.270 e. The maximum Gasteiger partial charge on any atom is 0.270 e. The lowest BCUT2D eigenvalue weighted by Crippen LogP contribution is -1.79. The van der Waals surface area contributed by atoms with E-state index in [4.69, 9.17) is 11.7 Å². The van der Waals surface area contributed by atoms with Crippen LogP contribution in [0.2, 0.25) is 0 Å². The van der Waals surface area contributed by atoms with Gasteiger partial charge in [0.25, 0.3) is 5.95 Å². The highest BCUT2D eigenvalue weighted by molar-refractivity contribution is 4.88. The van der Waals surface area contributed by atoms with Crippen LogP contribution < -0.4 is 0 Å². The lowest BCUT2D eigenvalue weighted by atomic mass is 10.9. The average Bonchev–Trinajstić information content (AvgIpc) is 1.68. The molecule has 0 saturated heterocycles. The van der Waals surface area contributed by atoms with Crippen LogP contribution in [0, 0.1) is 6.57 Å². The lowest BCUT2D eigenvalue weighted by Gasteiger charge is -1.89. The largest absolute Gasteiger partial charge is 0.490 e. The van der Waals surface area contributed by atoms with Crippen LogP contribution in [-0.2, 0) is 4.74 Å². The molecule has 0 aliphatic heterocycles. The molecule has 3 heteroatoms. The number of nitrogens with zero attached hydrogens (tertiary/aromatic N) is 1. The van der Waals surface area contributed by atoms with E-state index in [1.54, 1.807) is 0 Å². The van der Waals surface area contributed by atoms with Crippen LogP contribution in [0.4, 0.5) is 0 Å². The van der Waals surface area contributed by atoms with Gasteiger partial charge in [-0.2, -0.15) is 0 Å². The normalized spacial score (nSPS) is 10.0. The SMILES string of the molecule is [C-]#[N+]/C=C(\O)OC. The van der Waals surface area contributed by atoms with Crippen molar-refractivity contribution in [1.29, 1.82) is 0 Å². The summed E-state index contributed by atoms with van der Waals surface area (Å²) in [5.74, 6) is -0.352. The van der Waals surface area contributed by atoms with E-state index in [-0.39, 0.29) is 5.95 Å². The molecule has 7 heavy (non-hydrogen) atoms. The summed E-state index contributed by atoms with van der Waals surface area (Å²) in [6.07, 6.45) is 0.889. The molecule has 0 spiro atoms. The first kappa shape index (κ1) is 5.83. The first-order valence-electron chi connectivity index (χ1n) is 1.61. The molecule has 0 aliphatic carbocycles. The first-order chi connectivity index (χ1) is 3.31. The molecule has 0 aromatic carbocycles. The quantitative estimate of drug-likeness (QED) is 0.391. The van der Waals surface area contributed by atoms with Crippen molar-refractivity contribution in [2.24, 2.45) is 0 Å². The number of hydrogen-bond donors (Lipinski definition) is 1. The summed E-state index contributed by atoms with van der Waals surface area (Å²) in [6.45, 7) is 6.14. The van der Waals surface area contributed by atoms with Gasteiger partial charge >= 0.3 is 0 Å². The van der Waals surface area contributed by atoms with Gasteiger partial charge in [0.2, 0.25) is 6.20 Å². The standard InChI is InChI=1S/C4H5NO2/c1-5-3-4(6)7-2/h3,6H,2H3/b4-3+. The van der Waals surface area contributed by atoms with Gasteiger partial charge in [-0.25, -0.2) is 4.85 Å². The molecule has 0 saturated carbocycles. The fraction of sp³-hybridized carbons (Fsp3) is 0.250. The number of aliphatic hydroxyl groups is 1. The Morgan fingerprint density at radius 2 is 2.57 bits per heavy atom. The van der Waals surface area contributed by atoms with Crippen LogP contribution in [0.3, 0.4) is 0 Å². The topological polar surface area (TPSA) is 33.8 Å². The fourth-order valence-electron chi connectivity index (χ4n) is 0.108. The van der Waals surface area contributed by atoms with Gasteiger partial charge in [0, 0.05) is 0 Å². The van der Waals surface area contributed by atoms with Gasteiger partial charge in [-0.15, -0.1) is 0 Å².